The molecule has 0 aromatic heterocycles. The van der Waals surface area contributed by atoms with Gasteiger partial charge in [-0.1, -0.05) is 15.9 Å². The smallest absolute Gasteiger partial charge is 0.228 e. The molecular weight excluding hydrogens is 322 g/mol. The van der Waals surface area contributed by atoms with Crippen LogP contribution in [0, 0.1) is 12.8 Å². The molecule has 20 heavy (non-hydrogen) atoms. The van der Waals surface area contributed by atoms with E-state index in [1.54, 1.807) is 18.0 Å². The van der Waals surface area contributed by atoms with Crippen LogP contribution in [0.15, 0.2) is 16.6 Å². The fraction of sp³-hybridized carbons (Fsp3) is 0.429. The number of carbonyl (C=O) groups is 2. The Bertz CT molecular complexity index is 560. The molecule has 5 nitrogen and oxygen atoms in total. The number of piperidine rings is 1. The van der Waals surface area contributed by atoms with Crippen LogP contribution >= 0.6 is 15.9 Å². The van der Waals surface area contributed by atoms with Gasteiger partial charge in [0.1, 0.15) is 0 Å². The number of aryl methyl sites for hydroxylation is 1. The van der Waals surface area contributed by atoms with Gasteiger partial charge in [0.15, 0.2) is 0 Å². The minimum atomic E-state index is -0.280. The number of nitrogens with two attached hydrogens (primary N) is 1. The molecule has 108 valence electrons. The number of nitrogen functional groups attached to an aromatic ring is 1. The van der Waals surface area contributed by atoms with Crippen LogP contribution in [0.5, 0.6) is 0 Å². The summed E-state index contributed by atoms with van der Waals surface area (Å²) in [5.41, 5.74) is 8.01. The first kappa shape index (κ1) is 14.8. The van der Waals surface area contributed by atoms with Crippen molar-refractivity contribution in [3.05, 3.63) is 22.2 Å². The molecule has 0 radical (unpaired) electrons. The van der Waals surface area contributed by atoms with E-state index in [0.29, 0.717) is 24.3 Å². The van der Waals surface area contributed by atoms with E-state index in [-0.39, 0.29) is 24.2 Å². The molecule has 1 heterocycles. The van der Waals surface area contributed by atoms with E-state index < -0.39 is 0 Å². The molecule has 6 heteroatoms. The van der Waals surface area contributed by atoms with Gasteiger partial charge in [0.05, 0.1) is 11.4 Å². The first-order valence-corrected chi connectivity index (χ1v) is 7.28. The second kappa shape index (κ2) is 5.83. The zero-order valence-corrected chi connectivity index (χ0v) is 13.2. The van der Waals surface area contributed by atoms with Crippen molar-refractivity contribution in [3.63, 3.8) is 0 Å². The first-order valence-electron chi connectivity index (χ1n) is 6.49. The lowest BCUT2D eigenvalue weighted by Crippen LogP contribution is -2.40. The first-order chi connectivity index (χ1) is 9.38. The Balaban J connectivity index is 2.11. The Kier molecular flexibility index (Phi) is 4.32. The number of benzene rings is 1. The largest absolute Gasteiger partial charge is 0.397 e. The monoisotopic (exact) mass is 339 g/mol. The van der Waals surface area contributed by atoms with Crippen molar-refractivity contribution in [2.45, 2.75) is 19.8 Å². The Labute approximate surface area is 126 Å². The highest BCUT2D eigenvalue weighted by molar-refractivity contribution is 9.10. The molecule has 0 aliphatic carbocycles. The highest BCUT2D eigenvalue weighted by Gasteiger charge is 2.28. The third-order valence-corrected chi connectivity index (χ3v) is 4.10. The number of likely N-dealkylation sites (tertiary alicyclic amines) is 1. The summed E-state index contributed by atoms with van der Waals surface area (Å²) in [5, 5.41) is 2.83. The van der Waals surface area contributed by atoms with Gasteiger partial charge in [0.25, 0.3) is 0 Å². The second-order valence-electron chi connectivity index (χ2n) is 5.18. The van der Waals surface area contributed by atoms with E-state index in [2.05, 4.69) is 21.2 Å². The molecule has 1 aromatic carbocycles. The average molecular weight is 340 g/mol. The summed E-state index contributed by atoms with van der Waals surface area (Å²) in [4.78, 5) is 25.5. The van der Waals surface area contributed by atoms with Gasteiger partial charge in [-0.2, -0.15) is 0 Å². The lowest BCUT2D eigenvalue weighted by atomic mass is 9.95. The maximum absolute atomic E-state index is 12.2. The summed E-state index contributed by atoms with van der Waals surface area (Å²) in [6, 6.07) is 3.67. The lowest BCUT2D eigenvalue weighted by Gasteiger charge is -2.28. The van der Waals surface area contributed by atoms with E-state index in [1.807, 2.05) is 13.0 Å². The van der Waals surface area contributed by atoms with Crippen molar-refractivity contribution >= 4 is 39.1 Å². The minimum absolute atomic E-state index is 0.00907. The number of rotatable bonds is 2. The molecular formula is C14H18BrN3O2. The van der Waals surface area contributed by atoms with E-state index in [4.69, 9.17) is 5.73 Å². The van der Waals surface area contributed by atoms with Crippen LogP contribution in [0.4, 0.5) is 11.4 Å². The van der Waals surface area contributed by atoms with Gasteiger partial charge in [-0.25, -0.2) is 0 Å². The Morgan fingerprint density at radius 3 is 2.85 bits per heavy atom. The van der Waals surface area contributed by atoms with Crippen molar-refractivity contribution in [2.75, 3.05) is 24.6 Å². The highest BCUT2D eigenvalue weighted by Crippen LogP contribution is 2.29. The number of amides is 2. The summed E-state index contributed by atoms with van der Waals surface area (Å²) in [6.45, 7) is 2.50. The third-order valence-electron chi connectivity index (χ3n) is 3.64. The van der Waals surface area contributed by atoms with Crippen molar-refractivity contribution in [1.82, 2.24) is 4.90 Å². The summed E-state index contributed by atoms with van der Waals surface area (Å²) in [7, 11) is 1.76. The van der Waals surface area contributed by atoms with Crippen molar-refractivity contribution in [3.8, 4) is 0 Å². The Morgan fingerprint density at radius 1 is 1.50 bits per heavy atom. The Hall–Kier alpha value is -1.56. The molecule has 1 fully saturated rings. The fourth-order valence-electron chi connectivity index (χ4n) is 2.26. The SMILES string of the molecule is Cc1cc(Br)cc(NC(=O)C2CCN(C)C(=O)C2)c1N. The lowest BCUT2D eigenvalue weighted by molar-refractivity contribution is -0.137. The summed E-state index contributed by atoms with van der Waals surface area (Å²) in [5.74, 6) is -0.414. The standard InChI is InChI=1S/C14H18BrN3O2/c1-8-5-10(15)7-11(13(8)16)17-14(20)9-3-4-18(2)12(19)6-9/h5,7,9H,3-4,6,16H2,1-2H3,(H,17,20). The molecule has 0 spiro atoms. The maximum atomic E-state index is 12.2. The van der Waals surface area contributed by atoms with Crippen LogP contribution in [0.1, 0.15) is 18.4 Å². The van der Waals surface area contributed by atoms with Gasteiger partial charge in [0.2, 0.25) is 11.8 Å². The highest BCUT2D eigenvalue weighted by atomic mass is 79.9. The molecule has 1 aromatic rings. The topological polar surface area (TPSA) is 75.4 Å². The van der Waals surface area contributed by atoms with Gasteiger partial charge in [-0.15, -0.1) is 0 Å². The number of nitrogens with zero attached hydrogens (tertiary/aromatic N) is 1. The maximum Gasteiger partial charge on any atom is 0.228 e. The average Bonchev–Trinajstić information content (AvgIpc) is 2.38. The number of hydrogen-bond acceptors (Lipinski definition) is 3. The van der Waals surface area contributed by atoms with Crippen molar-refractivity contribution < 1.29 is 9.59 Å². The molecule has 2 amide bonds. The zero-order valence-electron chi connectivity index (χ0n) is 11.6. The molecule has 2 rings (SSSR count). The van der Waals surface area contributed by atoms with Gasteiger partial charge in [0, 0.05) is 30.4 Å². The summed E-state index contributed by atoms with van der Waals surface area (Å²) >= 11 is 3.38. The summed E-state index contributed by atoms with van der Waals surface area (Å²) < 4.78 is 0.860. The van der Waals surface area contributed by atoms with Crippen LogP contribution in [-0.2, 0) is 9.59 Å². The summed E-state index contributed by atoms with van der Waals surface area (Å²) in [6.07, 6.45) is 0.941. The van der Waals surface area contributed by atoms with Crippen LogP contribution in [-0.4, -0.2) is 30.3 Å². The van der Waals surface area contributed by atoms with Gasteiger partial charge < -0.3 is 16.0 Å². The zero-order chi connectivity index (χ0) is 14.9. The molecule has 1 aliphatic rings. The van der Waals surface area contributed by atoms with E-state index in [0.717, 1.165) is 10.0 Å². The fourth-order valence-corrected chi connectivity index (χ4v) is 2.83. The van der Waals surface area contributed by atoms with Crippen LogP contribution < -0.4 is 11.1 Å². The van der Waals surface area contributed by atoms with Gasteiger partial charge in [-0.3, -0.25) is 9.59 Å². The molecule has 1 aliphatic heterocycles. The molecule has 0 bridgehead atoms. The number of halogens is 1. The number of anilines is 2. The van der Waals surface area contributed by atoms with Gasteiger partial charge >= 0.3 is 0 Å². The van der Waals surface area contributed by atoms with Crippen molar-refractivity contribution in [2.24, 2.45) is 5.92 Å². The Morgan fingerprint density at radius 2 is 2.20 bits per heavy atom. The van der Waals surface area contributed by atoms with E-state index in [9.17, 15) is 9.59 Å². The van der Waals surface area contributed by atoms with Crippen molar-refractivity contribution in [1.29, 1.82) is 0 Å². The van der Waals surface area contributed by atoms with E-state index >= 15 is 0 Å². The number of carbonyl (C=O) groups excluding carboxylic acids is 2. The number of hydrogen-bond donors (Lipinski definition) is 2. The molecule has 3 N–H and O–H groups in total. The third kappa shape index (κ3) is 3.12. The van der Waals surface area contributed by atoms with Crippen LogP contribution in [0.25, 0.3) is 0 Å². The predicted octanol–water partition coefficient (Wildman–Crippen LogP) is 2.15. The quantitative estimate of drug-likeness (QED) is 0.810. The normalized spacial score (nSPS) is 19.1. The van der Waals surface area contributed by atoms with Crippen LogP contribution in [0.3, 0.4) is 0 Å². The molecule has 0 saturated carbocycles. The van der Waals surface area contributed by atoms with Crippen LogP contribution in [0.2, 0.25) is 0 Å². The molecule has 1 unspecified atom stereocenters. The molecule has 1 atom stereocenters. The molecule has 1 saturated heterocycles. The number of nitrogens with one attached hydrogen (secondary N) is 1. The van der Waals surface area contributed by atoms with E-state index in [1.165, 1.54) is 0 Å². The minimum Gasteiger partial charge on any atom is -0.397 e. The second-order valence-corrected chi connectivity index (χ2v) is 6.09. The predicted molar refractivity (Wildman–Crippen MR) is 82.3 cm³/mol. The van der Waals surface area contributed by atoms with Gasteiger partial charge in [-0.05, 0) is 31.0 Å².